The van der Waals surface area contributed by atoms with Crippen LogP contribution in [0.2, 0.25) is 0 Å². The van der Waals surface area contributed by atoms with Crippen LogP contribution < -0.4 is 10.0 Å². The molecule has 2 atom stereocenters. The van der Waals surface area contributed by atoms with E-state index in [0.29, 0.717) is 8.58 Å². The Morgan fingerprint density at radius 3 is 2.41 bits per heavy atom. The largest absolute Gasteiger partial charge is 0.467 e. The topological polar surface area (TPSA) is 30.8 Å². The standard InChI is InChI=1S/C28H34NO2P/c1-7-28(4,24-18-20(2)16-17-25(24)31-19-30-6)32-27-21(3)12-11-15-23(27)26(29-5)22-13-9-8-10-14-22/h8-18,32H,7,19H2,1-6H3/b29-26+. The minimum Gasteiger partial charge on any atom is -0.467 e. The first-order valence-electron chi connectivity index (χ1n) is 11.1. The third-order valence-corrected chi connectivity index (χ3v) is 8.06. The van der Waals surface area contributed by atoms with Crippen LogP contribution in [0.1, 0.15) is 48.1 Å². The predicted octanol–water partition coefficient (Wildman–Crippen LogP) is 6.38. The van der Waals surface area contributed by atoms with E-state index in [9.17, 15) is 0 Å². The molecule has 0 saturated carbocycles. The Bertz CT molecular complexity index is 1080. The van der Waals surface area contributed by atoms with Gasteiger partial charge in [-0.3, -0.25) is 4.99 Å². The van der Waals surface area contributed by atoms with Crippen molar-refractivity contribution >= 4 is 19.6 Å². The lowest BCUT2D eigenvalue weighted by atomic mass is 9.95. The van der Waals surface area contributed by atoms with Crippen molar-refractivity contribution in [3.63, 3.8) is 0 Å². The molecule has 0 heterocycles. The Balaban J connectivity index is 2.11. The number of ether oxygens (including phenoxy) is 2. The summed E-state index contributed by atoms with van der Waals surface area (Å²) < 4.78 is 11.2. The average Bonchev–Trinajstić information content (AvgIpc) is 2.81. The Kier molecular flexibility index (Phi) is 8.23. The molecule has 0 aliphatic carbocycles. The Labute approximate surface area is 194 Å². The van der Waals surface area contributed by atoms with Gasteiger partial charge in [0, 0.05) is 36.0 Å². The van der Waals surface area contributed by atoms with Crippen molar-refractivity contribution in [3.05, 3.63) is 94.5 Å². The molecule has 0 saturated heterocycles. The van der Waals surface area contributed by atoms with Gasteiger partial charge in [-0.1, -0.05) is 88.7 Å². The van der Waals surface area contributed by atoms with Crippen molar-refractivity contribution in [2.24, 2.45) is 4.99 Å². The van der Waals surface area contributed by atoms with Gasteiger partial charge in [0.25, 0.3) is 0 Å². The number of rotatable bonds is 9. The van der Waals surface area contributed by atoms with Crippen LogP contribution in [0.4, 0.5) is 0 Å². The summed E-state index contributed by atoms with van der Waals surface area (Å²) in [7, 11) is 4.10. The van der Waals surface area contributed by atoms with Gasteiger partial charge in [-0.25, -0.2) is 0 Å². The summed E-state index contributed by atoms with van der Waals surface area (Å²) in [6.45, 7) is 9.20. The SMILES string of the molecule is CCC(C)(Pc1c(C)cccc1/C(=N/C)c1ccccc1)c1cc(C)ccc1OCOC. The summed E-state index contributed by atoms with van der Waals surface area (Å²) in [6, 6.07) is 23.4. The van der Waals surface area contributed by atoms with E-state index in [2.05, 4.69) is 88.4 Å². The van der Waals surface area contributed by atoms with E-state index in [1.54, 1.807) is 7.11 Å². The average molecular weight is 448 g/mol. The molecule has 168 valence electrons. The quantitative estimate of drug-likeness (QED) is 0.216. The van der Waals surface area contributed by atoms with Crippen LogP contribution >= 0.6 is 8.58 Å². The minimum atomic E-state index is -0.0779. The number of methoxy groups -OCH3 is 1. The number of aliphatic imine (C=N–C) groups is 1. The predicted molar refractivity (Wildman–Crippen MR) is 138 cm³/mol. The number of nitrogens with zero attached hydrogens (tertiary/aromatic N) is 1. The van der Waals surface area contributed by atoms with Crippen molar-refractivity contribution in [3.8, 4) is 5.75 Å². The third-order valence-electron chi connectivity index (χ3n) is 5.97. The van der Waals surface area contributed by atoms with E-state index in [1.165, 1.54) is 27.6 Å². The number of aryl methyl sites for hydroxylation is 2. The van der Waals surface area contributed by atoms with Gasteiger partial charge >= 0.3 is 0 Å². The normalized spacial score (nSPS) is 14.0. The summed E-state index contributed by atoms with van der Waals surface area (Å²) in [5.41, 5.74) is 7.16. The summed E-state index contributed by atoms with van der Waals surface area (Å²) in [5, 5.41) is 1.28. The van der Waals surface area contributed by atoms with Gasteiger partial charge < -0.3 is 9.47 Å². The van der Waals surface area contributed by atoms with Crippen LogP contribution in [0.3, 0.4) is 0 Å². The molecule has 0 N–H and O–H groups in total. The molecule has 0 bridgehead atoms. The number of hydrogen-bond donors (Lipinski definition) is 0. The van der Waals surface area contributed by atoms with Gasteiger partial charge in [0.15, 0.2) is 6.79 Å². The molecule has 4 heteroatoms. The lowest BCUT2D eigenvalue weighted by Crippen LogP contribution is -2.24. The van der Waals surface area contributed by atoms with Gasteiger partial charge in [-0.15, -0.1) is 0 Å². The molecule has 2 unspecified atom stereocenters. The Morgan fingerprint density at radius 1 is 1.00 bits per heavy atom. The first-order chi connectivity index (χ1) is 15.4. The minimum absolute atomic E-state index is 0.0779. The molecule has 0 radical (unpaired) electrons. The summed E-state index contributed by atoms with van der Waals surface area (Å²) in [4.78, 5) is 4.71. The van der Waals surface area contributed by atoms with Gasteiger partial charge in [-0.2, -0.15) is 0 Å². The Hall–Kier alpha value is -2.48. The smallest absolute Gasteiger partial charge is 0.188 e. The molecular weight excluding hydrogens is 413 g/mol. The summed E-state index contributed by atoms with van der Waals surface area (Å²) in [6.07, 6.45) is 0.996. The second kappa shape index (κ2) is 10.9. The van der Waals surface area contributed by atoms with Gasteiger partial charge in [-0.05, 0) is 37.2 Å². The van der Waals surface area contributed by atoms with Gasteiger partial charge in [0.1, 0.15) is 5.75 Å². The highest BCUT2D eigenvalue weighted by Gasteiger charge is 2.31. The summed E-state index contributed by atoms with van der Waals surface area (Å²) in [5.74, 6) is 0.900. The number of hydrogen-bond acceptors (Lipinski definition) is 3. The number of benzene rings is 3. The van der Waals surface area contributed by atoms with Crippen molar-refractivity contribution in [2.45, 2.75) is 39.3 Å². The molecule has 0 aromatic heterocycles. The fourth-order valence-corrected chi connectivity index (χ4v) is 5.65. The van der Waals surface area contributed by atoms with Crippen LogP contribution in [0.15, 0.2) is 71.7 Å². The van der Waals surface area contributed by atoms with Crippen LogP contribution in [0, 0.1) is 13.8 Å². The highest BCUT2D eigenvalue weighted by atomic mass is 31.1. The maximum Gasteiger partial charge on any atom is 0.188 e. The maximum absolute atomic E-state index is 5.98. The van der Waals surface area contributed by atoms with Crippen molar-refractivity contribution in [2.75, 3.05) is 21.0 Å². The van der Waals surface area contributed by atoms with Crippen molar-refractivity contribution in [1.82, 2.24) is 0 Å². The van der Waals surface area contributed by atoms with E-state index in [4.69, 9.17) is 14.5 Å². The molecular formula is C28H34NO2P. The molecule has 0 aliphatic heterocycles. The van der Waals surface area contributed by atoms with Crippen LogP contribution in [-0.2, 0) is 9.89 Å². The molecule has 0 aliphatic rings. The molecule has 0 fully saturated rings. The molecule has 3 aromatic rings. The van der Waals surface area contributed by atoms with Crippen LogP contribution in [0.5, 0.6) is 5.75 Å². The summed E-state index contributed by atoms with van der Waals surface area (Å²) >= 11 is 0. The van der Waals surface area contributed by atoms with Crippen molar-refractivity contribution in [1.29, 1.82) is 0 Å². The zero-order chi connectivity index (χ0) is 23.1. The lowest BCUT2D eigenvalue weighted by molar-refractivity contribution is 0.0500. The second-order valence-corrected chi connectivity index (χ2v) is 10.2. The highest BCUT2D eigenvalue weighted by Crippen LogP contribution is 2.48. The highest BCUT2D eigenvalue weighted by molar-refractivity contribution is 7.49. The molecule has 3 rings (SSSR count). The first kappa shape index (κ1) is 24.2. The van der Waals surface area contributed by atoms with E-state index < -0.39 is 0 Å². The Morgan fingerprint density at radius 2 is 1.75 bits per heavy atom. The molecule has 0 amide bonds. The van der Waals surface area contributed by atoms with Crippen LogP contribution in [-0.4, -0.2) is 26.7 Å². The third kappa shape index (κ3) is 5.28. The molecule has 3 aromatic carbocycles. The monoisotopic (exact) mass is 447 g/mol. The zero-order valence-electron chi connectivity index (χ0n) is 20.0. The fourth-order valence-electron chi connectivity index (χ4n) is 3.98. The van der Waals surface area contributed by atoms with Gasteiger partial charge in [0.05, 0.1) is 5.71 Å². The lowest BCUT2D eigenvalue weighted by Gasteiger charge is -2.33. The van der Waals surface area contributed by atoms with E-state index in [0.717, 1.165) is 23.4 Å². The zero-order valence-corrected chi connectivity index (χ0v) is 21.0. The molecule has 0 spiro atoms. The second-order valence-electron chi connectivity index (χ2n) is 8.30. The van der Waals surface area contributed by atoms with E-state index >= 15 is 0 Å². The van der Waals surface area contributed by atoms with Gasteiger partial charge in [0.2, 0.25) is 0 Å². The van der Waals surface area contributed by atoms with E-state index in [-0.39, 0.29) is 11.9 Å². The fraction of sp³-hybridized carbons (Fsp3) is 0.321. The molecule has 3 nitrogen and oxygen atoms in total. The maximum atomic E-state index is 5.98. The first-order valence-corrected chi connectivity index (χ1v) is 12.1. The molecule has 32 heavy (non-hydrogen) atoms. The van der Waals surface area contributed by atoms with Crippen molar-refractivity contribution < 1.29 is 9.47 Å². The van der Waals surface area contributed by atoms with E-state index in [1.807, 2.05) is 13.1 Å². The van der Waals surface area contributed by atoms with Crippen LogP contribution in [0.25, 0.3) is 0 Å².